The van der Waals surface area contributed by atoms with E-state index in [1.807, 2.05) is 0 Å². The lowest BCUT2D eigenvalue weighted by atomic mass is 9.92. The molecule has 0 amide bonds. The van der Waals surface area contributed by atoms with E-state index in [1.165, 1.54) is 10.6 Å². The summed E-state index contributed by atoms with van der Waals surface area (Å²) in [4.78, 5) is 20.6. The van der Waals surface area contributed by atoms with Crippen molar-refractivity contribution in [2.75, 3.05) is 12.8 Å². The van der Waals surface area contributed by atoms with Crippen LogP contribution in [0, 0.1) is 11.2 Å². The molecule has 1 fully saturated rings. The Bertz CT molecular complexity index is 1970. The molecule has 10 nitrogen and oxygen atoms in total. The third-order valence-electron chi connectivity index (χ3n) is 8.61. The molecule has 1 aliphatic rings. The molecule has 3 heterocycles. The Morgan fingerprint density at radius 1 is 1.30 bits per heavy atom. The maximum absolute atomic E-state index is 15.2. The molecule has 4 aromatic rings. The van der Waals surface area contributed by atoms with Gasteiger partial charge in [0, 0.05) is 48.1 Å². The van der Waals surface area contributed by atoms with Crippen molar-refractivity contribution in [2.24, 2.45) is 5.73 Å². The summed E-state index contributed by atoms with van der Waals surface area (Å²) in [6, 6.07) is 9.91. The van der Waals surface area contributed by atoms with Crippen molar-refractivity contribution in [3.63, 3.8) is 0 Å². The highest BCUT2D eigenvalue weighted by Crippen LogP contribution is 2.34. The number of benzene rings is 2. The standard InChI is InChI=1S/C34H41ClFN7O3S/c1-4-23(38)8-5-7-21-15-27(32(36)28(35)16-21)30-17-22-19-43(34(44)42-33(22)41-30)25-11-12-26(31(18-25)47(3,45)46)29-10-6-9-24(40-29)13-14-39-20(2)37/h4,11-12,15-19,23-24,29,40H,1,5-10,13-14,38H2,2-3H3,(H2,37,39)(H,41,42,44)/t23-,24-,29-/m0/s1. The van der Waals surface area contributed by atoms with E-state index in [2.05, 4.69) is 27.2 Å². The van der Waals surface area contributed by atoms with Gasteiger partial charge in [0.2, 0.25) is 0 Å². The van der Waals surface area contributed by atoms with E-state index in [0.29, 0.717) is 41.1 Å². The fourth-order valence-electron chi connectivity index (χ4n) is 6.18. The number of hydrogen-bond donors (Lipinski definition) is 5. The average Bonchev–Trinajstić information content (AvgIpc) is 3.44. The minimum Gasteiger partial charge on any atom is -0.374 e. The first-order chi connectivity index (χ1) is 22.3. The summed E-state index contributed by atoms with van der Waals surface area (Å²) in [5, 5.41) is 14.7. The molecule has 1 saturated heterocycles. The molecule has 0 bridgehead atoms. The van der Waals surface area contributed by atoms with E-state index < -0.39 is 21.3 Å². The van der Waals surface area contributed by atoms with Gasteiger partial charge in [-0.2, -0.15) is 4.98 Å². The maximum Gasteiger partial charge on any atom is 0.354 e. The third kappa shape index (κ3) is 8.18. The first-order valence-corrected chi connectivity index (χ1v) is 18.0. The fourth-order valence-corrected chi connectivity index (χ4v) is 7.39. The molecule has 5 rings (SSSR count). The SMILES string of the molecule is C=C[C@H](N)CCCc1cc(Cl)c(F)c(-c2cc3cn(-c4ccc([C@@H]5CCC[C@@H](CCNC(C)=N)N5)c(S(C)(=O)=O)c4)c(=O)nc3[nH]2)c1. The summed E-state index contributed by atoms with van der Waals surface area (Å²) in [5.74, 6) is -0.179. The fraction of sp³-hybridized carbons (Fsp3) is 0.382. The van der Waals surface area contributed by atoms with Gasteiger partial charge in [-0.25, -0.2) is 17.6 Å². The zero-order valence-electron chi connectivity index (χ0n) is 26.6. The minimum atomic E-state index is -3.66. The van der Waals surface area contributed by atoms with E-state index >= 15 is 4.39 Å². The summed E-state index contributed by atoms with van der Waals surface area (Å²) in [7, 11) is -3.66. The molecule has 13 heteroatoms. The molecule has 1 aliphatic heterocycles. The second kappa shape index (κ2) is 14.5. The van der Waals surface area contributed by atoms with Crippen LogP contribution in [0.1, 0.15) is 62.6 Å². The predicted molar refractivity (Wildman–Crippen MR) is 186 cm³/mol. The quantitative estimate of drug-likeness (QED) is 0.0743. The van der Waals surface area contributed by atoms with Crippen LogP contribution in [0.3, 0.4) is 0 Å². The number of sulfone groups is 1. The van der Waals surface area contributed by atoms with Crippen LogP contribution in [-0.4, -0.2) is 53.7 Å². The summed E-state index contributed by atoms with van der Waals surface area (Å²) < 4.78 is 42.6. The number of amidine groups is 1. The number of hydrogen-bond acceptors (Lipinski definition) is 7. The third-order valence-corrected chi connectivity index (χ3v) is 10.0. The van der Waals surface area contributed by atoms with Gasteiger partial charge < -0.3 is 21.4 Å². The number of nitrogens with one attached hydrogen (secondary N) is 4. The van der Waals surface area contributed by atoms with Gasteiger partial charge in [0.15, 0.2) is 15.7 Å². The monoisotopic (exact) mass is 681 g/mol. The van der Waals surface area contributed by atoms with Crippen LogP contribution in [0.15, 0.2) is 64.9 Å². The van der Waals surface area contributed by atoms with E-state index in [1.54, 1.807) is 49.5 Å². The van der Waals surface area contributed by atoms with Gasteiger partial charge in [-0.05, 0) is 86.9 Å². The molecular weight excluding hydrogens is 641 g/mol. The largest absolute Gasteiger partial charge is 0.374 e. The Balaban J connectivity index is 1.45. The predicted octanol–water partition coefficient (Wildman–Crippen LogP) is 5.57. The van der Waals surface area contributed by atoms with E-state index in [9.17, 15) is 13.2 Å². The molecule has 0 unspecified atom stereocenters. The Kier molecular flexibility index (Phi) is 10.6. The number of rotatable bonds is 12. The van der Waals surface area contributed by atoms with E-state index in [0.717, 1.165) is 50.3 Å². The molecule has 2 aromatic carbocycles. The first kappa shape index (κ1) is 34.5. The minimum absolute atomic E-state index is 0.0120. The number of aromatic amines is 1. The van der Waals surface area contributed by atoms with Crippen LogP contribution in [0.25, 0.3) is 28.0 Å². The van der Waals surface area contributed by atoms with Gasteiger partial charge in [0.25, 0.3) is 0 Å². The van der Waals surface area contributed by atoms with Crippen LogP contribution in [0.5, 0.6) is 0 Å². The second-order valence-electron chi connectivity index (χ2n) is 12.3. The number of aromatic nitrogens is 3. The van der Waals surface area contributed by atoms with Crippen LogP contribution >= 0.6 is 11.6 Å². The first-order valence-electron chi connectivity index (χ1n) is 15.7. The summed E-state index contributed by atoms with van der Waals surface area (Å²) in [5.41, 5.74) is 8.10. The molecule has 250 valence electrons. The highest BCUT2D eigenvalue weighted by molar-refractivity contribution is 7.90. The van der Waals surface area contributed by atoms with Crippen molar-refractivity contribution in [1.29, 1.82) is 5.41 Å². The number of piperidine rings is 1. The molecule has 47 heavy (non-hydrogen) atoms. The number of H-pyrrole nitrogens is 1. The Morgan fingerprint density at radius 3 is 2.81 bits per heavy atom. The van der Waals surface area contributed by atoms with Gasteiger partial charge in [-0.15, -0.1) is 6.58 Å². The topological polar surface area (TPSA) is 159 Å². The van der Waals surface area contributed by atoms with E-state index in [4.69, 9.17) is 22.7 Å². The molecule has 0 aliphatic carbocycles. The number of fused-ring (bicyclic) bond motifs is 1. The Hall–Kier alpha value is -3.84. The average molecular weight is 682 g/mol. The Labute approximate surface area is 279 Å². The van der Waals surface area contributed by atoms with Crippen LogP contribution < -0.4 is 22.1 Å². The zero-order chi connectivity index (χ0) is 33.9. The summed E-state index contributed by atoms with van der Waals surface area (Å²) >= 11 is 6.27. The lowest BCUT2D eigenvalue weighted by molar-refractivity contribution is 0.310. The van der Waals surface area contributed by atoms with Crippen LogP contribution in [-0.2, 0) is 16.3 Å². The van der Waals surface area contributed by atoms with Crippen LogP contribution in [0.2, 0.25) is 5.02 Å². The number of nitrogens with two attached hydrogens (primary N) is 1. The van der Waals surface area contributed by atoms with Crippen molar-refractivity contribution >= 4 is 38.3 Å². The van der Waals surface area contributed by atoms with E-state index in [-0.39, 0.29) is 39.3 Å². The molecule has 0 radical (unpaired) electrons. The smallest absolute Gasteiger partial charge is 0.354 e. The molecule has 6 N–H and O–H groups in total. The van der Waals surface area contributed by atoms with Crippen molar-refractivity contribution in [2.45, 2.75) is 74.9 Å². The molecular formula is C34H41ClFN7O3S. The summed E-state index contributed by atoms with van der Waals surface area (Å²) in [6.45, 7) is 6.06. The molecule has 3 atom stereocenters. The van der Waals surface area contributed by atoms with Gasteiger partial charge in [-0.3, -0.25) is 9.98 Å². The van der Waals surface area contributed by atoms with Crippen molar-refractivity contribution in [1.82, 2.24) is 25.2 Å². The number of aryl methyl sites for hydroxylation is 1. The molecule has 2 aromatic heterocycles. The molecule has 0 saturated carbocycles. The zero-order valence-corrected chi connectivity index (χ0v) is 28.1. The maximum atomic E-state index is 15.2. The number of halogens is 2. The van der Waals surface area contributed by atoms with Crippen molar-refractivity contribution in [3.05, 3.63) is 87.7 Å². The summed E-state index contributed by atoms with van der Waals surface area (Å²) in [6.07, 6.45) is 10.1. The van der Waals surface area contributed by atoms with Crippen molar-refractivity contribution < 1.29 is 12.8 Å². The van der Waals surface area contributed by atoms with Gasteiger partial charge in [0.1, 0.15) is 5.65 Å². The van der Waals surface area contributed by atoms with Gasteiger partial charge >= 0.3 is 5.69 Å². The Morgan fingerprint density at radius 2 is 2.09 bits per heavy atom. The van der Waals surface area contributed by atoms with Gasteiger partial charge in [-0.1, -0.05) is 30.2 Å². The highest BCUT2D eigenvalue weighted by Gasteiger charge is 2.27. The van der Waals surface area contributed by atoms with Crippen LogP contribution in [0.4, 0.5) is 4.39 Å². The van der Waals surface area contributed by atoms with Gasteiger partial charge in [0.05, 0.1) is 27.1 Å². The molecule has 0 spiro atoms. The normalized spacial score (nSPS) is 17.5. The highest BCUT2D eigenvalue weighted by atomic mass is 35.5. The lowest BCUT2D eigenvalue weighted by Crippen LogP contribution is -2.39. The lowest BCUT2D eigenvalue weighted by Gasteiger charge is -2.32. The number of nitrogens with zero attached hydrogens (tertiary/aromatic N) is 2. The van der Waals surface area contributed by atoms with Crippen molar-refractivity contribution in [3.8, 4) is 16.9 Å². The second-order valence-corrected chi connectivity index (χ2v) is 14.7.